The molecule has 124 valence electrons. The Bertz CT molecular complexity index is 819. The van der Waals surface area contributed by atoms with Crippen molar-refractivity contribution in [2.24, 2.45) is 0 Å². The van der Waals surface area contributed by atoms with Crippen LogP contribution in [0.1, 0.15) is 42.5 Å². The van der Waals surface area contributed by atoms with Crippen molar-refractivity contribution < 1.29 is 12.8 Å². The first-order chi connectivity index (χ1) is 10.9. The second-order valence-electron chi connectivity index (χ2n) is 5.77. The standard InChI is InChI=1S/C15H19FN4O2S/c1-10-12(16)6-5-8-14(10)23(21,22)20-9-4-3-7-13(20)15-17-11(2)18-19-15/h5-6,8,13H,3-4,7,9H2,1-2H3,(H,17,18,19). The number of aryl methyl sites for hydroxylation is 1. The summed E-state index contributed by atoms with van der Waals surface area (Å²) >= 11 is 0. The number of nitrogens with zero attached hydrogens (tertiary/aromatic N) is 3. The molecule has 0 bridgehead atoms. The van der Waals surface area contributed by atoms with Crippen LogP contribution in [0.5, 0.6) is 0 Å². The monoisotopic (exact) mass is 338 g/mol. The van der Waals surface area contributed by atoms with Crippen molar-refractivity contribution in [3.8, 4) is 0 Å². The normalized spacial score (nSPS) is 19.9. The van der Waals surface area contributed by atoms with Crippen LogP contribution in [-0.4, -0.2) is 34.4 Å². The van der Waals surface area contributed by atoms with E-state index in [-0.39, 0.29) is 10.5 Å². The van der Waals surface area contributed by atoms with Crippen LogP contribution in [0.25, 0.3) is 0 Å². The lowest BCUT2D eigenvalue weighted by Crippen LogP contribution is -2.39. The van der Waals surface area contributed by atoms with E-state index >= 15 is 0 Å². The van der Waals surface area contributed by atoms with Gasteiger partial charge in [0.05, 0.1) is 10.9 Å². The molecule has 0 spiro atoms. The van der Waals surface area contributed by atoms with Gasteiger partial charge < -0.3 is 0 Å². The van der Waals surface area contributed by atoms with E-state index in [1.807, 2.05) is 0 Å². The number of nitrogens with one attached hydrogen (secondary N) is 1. The van der Waals surface area contributed by atoms with E-state index in [0.29, 0.717) is 24.6 Å². The molecule has 0 aliphatic carbocycles. The van der Waals surface area contributed by atoms with E-state index in [9.17, 15) is 12.8 Å². The van der Waals surface area contributed by atoms with Crippen molar-refractivity contribution in [3.05, 3.63) is 41.2 Å². The highest BCUT2D eigenvalue weighted by Crippen LogP contribution is 2.35. The molecule has 1 fully saturated rings. The molecule has 0 saturated carbocycles. The molecule has 1 aliphatic rings. The number of aromatic nitrogens is 3. The Morgan fingerprint density at radius 1 is 1.30 bits per heavy atom. The molecule has 0 radical (unpaired) electrons. The zero-order valence-corrected chi connectivity index (χ0v) is 13.9. The third kappa shape index (κ3) is 2.88. The number of halogens is 1. The van der Waals surface area contributed by atoms with Crippen LogP contribution in [0.15, 0.2) is 23.1 Å². The molecule has 1 unspecified atom stereocenters. The third-order valence-corrected chi connectivity index (χ3v) is 6.22. The van der Waals surface area contributed by atoms with Crippen LogP contribution >= 0.6 is 0 Å². The molecule has 1 aliphatic heterocycles. The van der Waals surface area contributed by atoms with Crippen molar-refractivity contribution in [1.29, 1.82) is 0 Å². The van der Waals surface area contributed by atoms with Crippen molar-refractivity contribution in [1.82, 2.24) is 19.5 Å². The molecule has 23 heavy (non-hydrogen) atoms. The first-order valence-corrected chi connectivity index (χ1v) is 9.01. The number of hydrogen-bond acceptors (Lipinski definition) is 4. The van der Waals surface area contributed by atoms with Crippen LogP contribution < -0.4 is 0 Å². The lowest BCUT2D eigenvalue weighted by atomic mass is 10.0. The SMILES string of the molecule is Cc1nc(C2CCCCN2S(=O)(=O)c2cccc(F)c2C)n[nH]1. The first-order valence-electron chi connectivity index (χ1n) is 7.57. The summed E-state index contributed by atoms with van der Waals surface area (Å²) in [5.41, 5.74) is 0.142. The molecule has 1 N–H and O–H groups in total. The molecule has 1 aromatic carbocycles. The number of H-pyrrole nitrogens is 1. The number of rotatable bonds is 3. The Labute approximate surface area is 134 Å². The topological polar surface area (TPSA) is 79.0 Å². The predicted octanol–water partition coefficient (Wildman–Crippen LogP) is 2.48. The van der Waals surface area contributed by atoms with Gasteiger partial charge in [-0.3, -0.25) is 5.10 Å². The van der Waals surface area contributed by atoms with Crippen LogP contribution in [0.4, 0.5) is 4.39 Å². The van der Waals surface area contributed by atoms with Gasteiger partial charge in [-0.1, -0.05) is 12.5 Å². The molecular formula is C15H19FN4O2S. The second kappa shape index (κ2) is 6.01. The summed E-state index contributed by atoms with van der Waals surface area (Å²) in [6.45, 7) is 3.64. The minimum absolute atomic E-state index is 0.0108. The van der Waals surface area contributed by atoms with E-state index in [1.54, 1.807) is 6.92 Å². The fourth-order valence-electron chi connectivity index (χ4n) is 2.95. The maximum atomic E-state index is 13.8. The van der Waals surface area contributed by atoms with Gasteiger partial charge in [-0.15, -0.1) is 0 Å². The Balaban J connectivity index is 2.04. The number of sulfonamides is 1. The van der Waals surface area contributed by atoms with Gasteiger partial charge in [-0.2, -0.15) is 9.40 Å². The van der Waals surface area contributed by atoms with Crippen LogP contribution in [0.3, 0.4) is 0 Å². The van der Waals surface area contributed by atoms with Crippen LogP contribution in [0.2, 0.25) is 0 Å². The van der Waals surface area contributed by atoms with Gasteiger partial charge in [-0.05, 0) is 38.8 Å². The zero-order valence-electron chi connectivity index (χ0n) is 13.1. The lowest BCUT2D eigenvalue weighted by Gasteiger charge is -2.33. The Hall–Kier alpha value is -1.80. The smallest absolute Gasteiger partial charge is 0.244 e. The summed E-state index contributed by atoms with van der Waals surface area (Å²) in [6, 6.07) is 3.72. The van der Waals surface area contributed by atoms with Gasteiger partial charge in [0, 0.05) is 12.1 Å². The molecule has 3 rings (SSSR count). The van der Waals surface area contributed by atoms with Crippen LogP contribution in [0, 0.1) is 19.7 Å². The highest BCUT2D eigenvalue weighted by molar-refractivity contribution is 7.89. The molecule has 1 aromatic heterocycles. The second-order valence-corrected chi connectivity index (χ2v) is 7.63. The largest absolute Gasteiger partial charge is 0.263 e. The van der Waals surface area contributed by atoms with Gasteiger partial charge in [0.2, 0.25) is 10.0 Å². The molecule has 2 aromatic rings. The fourth-order valence-corrected chi connectivity index (χ4v) is 4.85. The van der Waals surface area contributed by atoms with E-state index in [0.717, 1.165) is 12.8 Å². The highest BCUT2D eigenvalue weighted by atomic mass is 32.2. The van der Waals surface area contributed by atoms with Crippen molar-refractivity contribution >= 4 is 10.0 Å². The average molecular weight is 338 g/mol. The fraction of sp³-hybridized carbons (Fsp3) is 0.467. The average Bonchev–Trinajstić information content (AvgIpc) is 2.96. The number of benzene rings is 1. The summed E-state index contributed by atoms with van der Waals surface area (Å²) in [5, 5.41) is 6.88. The lowest BCUT2D eigenvalue weighted by molar-refractivity contribution is 0.246. The summed E-state index contributed by atoms with van der Waals surface area (Å²) in [6.07, 6.45) is 2.34. The summed E-state index contributed by atoms with van der Waals surface area (Å²) in [7, 11) is -3.80. The number of hydrogen-bond donors (Lipinski definition) is 1. The molecule has 1 atom stereocenters. The Morgan fingerprint density at radius 2 is 2.09 bits per heavy atom. The summed E-state index contributed by atoms with van der Waals surface area (Å²) < 4.78 is 41.3. The van der Waals surface area contributed by atoms with Gasteiger partial charge >= 0.3 is 0 Å². The van der Waals surface area contributed by atoms with Crippen molar-refractivity contribution in [3.63, 3.8) is 0 Å². The van der Waals surface area contributed by atoms with E-state index < -0.39 is 21.9 Å². The maximum absolute atomic E-state index is 13.8. The van der Waals surface area contributed by atoms with Gasteiger partial charge in [0.25, 0.3) is 0 Å². The molecule has 0 amide bonds. The molecular weight excluding hydrogens is 319 g/mol. The van der Waals surface area contributed by atoms with Crippen molar-refractivity contribution in [2.45, 2.75) is 44.0 Å². The highest BCUT2D eigenvalue weighted by Gasteiger charge is 2.37. The summed E-state index contributed by atoms with van der Waals surface area (Å²) in [5.74, 6) is 0.595. The van der Waals surface area contributed by atoms with Gasteiger partial charge in [0.1, 0.15) is 11.6 Å². The van der Waals surface area contributed by atoms with Gasteiger partial charge in [-0.25, -0.2) is 17.8 Å². The quantitative estimate of drug-likeness (QED) is 0.932. The van der Waals surface area contributed by atoms with E-state index in [4.69, 9.17) is 0 Å². The van der Waals surface area contributed by atoms with E-state index in [1.165, 1.54) is 29.4 Å². The van der Waals surface area contributed by atoms with Crippen LogP contribution in [-0.2, 0) is 10.0 Å². The minimum Gasteiger partial charge on any atom is -0.263 e. The Morgan fingerprint density at radius 3 is 2.78 bits per heavy atom. The molecule has 1 saturated heterocycles. The minimum atomic E-state index is -3.80. The summed E-state index contributed by atoms with van der Waals surface area (Å²) in [4.78, 5) is 4.30. The van der Waals surface area contributed by atoms with Crippen molar-refractivity contribution in [2.75, 3.05) is 6.54 Å². The van der Waals surface area contributed by atoms with Gasteiger partial charge in [0.15, 0.2) is 5.82 Å². The molecule has 8 heteroatoms. The molecule has 6 nitrogen and oxygen atoms in total. The zero-order chi connectivity index (χ0) is 16.6. The third-order valence-electron chi connectivity index (χ3n) is 4.17. The number of piperidine rings is 1. The van der Waals surface area contributed by atoms with E-state index in [2.05, 4.69) is 15.2 Å². The molecule has 2 heterocycles. The predicted molar refractivity (Wildman–Crippen MR) is 82.7 cm³/mol. The first kappa shape index (κ1) is 16.1. The number of aromatic amines is 1. The maximum Gasteiger partial charge on any atom is 0.244 e. The Kier molecular flexibility index (Phi) is 4.20.